The van der Waals surface area contributed by atoms with Gasteiger partial charge in [0, 0.05) is 5.41 Å². The second-order valence-corrected chi connectivity index (χ2v) is 5.53. The van der Waals surface area contributed by atoms with E-state index in [2.05, 4.69) is 10.1 Å². The first-order valence-electron chi connectivity index (χ1n) is 6.40. The smallest absolute Gasteiger partial charge is 0.338 e. The van der Waals surface area contributed by atoms with Crippen LogP contribution in [0.25, 0.3) is 0 Å². The molecule has 0 unspecified atom stereocenters. The SMILES string of the molecule is CC(C)(C)c1noc(COC(=O)c2ccc(C#N)cc2)n1. The Bertz CT molecular complexity index is 675. The molecule has 0 aliphatic heterocycles. The number of carbonyl (C=O) groups excluding carboxylic acids is 1. The zero-order valence-electron chi connectivity index (χ0n) is 12.1. The van der Waals surface area contributed by atoms with E-state index in [-0.39, 0.29) is 17.9 Å². The van der Waals surface area contributed by atoms with Crippen molar-refractivity contribution >= 4 is 5.97 Å². The molecule has 21 heavy (non-hydrogen) atoms. The number of ether oxygens (including phenoxy) is 1. The number of hydrogen-bond acceptors (Lipinski definition) is 6. The molecule has 2 aromatic rings. The van der Waals surface area contributed by atoms with E-state index in [1.165, 1.54) is 12.1 Å². The minimum atomic E-state index is -0.505. The van der Waals surface area contributed by atoms with E-state index in [0.29, 0.717) is 17.0 Å². The summed E-state index contributed by atoms with van der Waals surface area (Å²) < 4.78 is 10.1. The Kier molecular flexibility index (Phi) is 4.03. The molecule has 1 heterocycles. The van der Waals surface area contributed by atoms with Crippen molar-refractivity contribution < 1.29 is 14.1 Å². The van der Waals surface area contributed by atoms with Crippen LogP contribution in [0.5, 0.6) is 0 Å². The van der Waals surface area contributed by atoms with Crippen molar-refractivity contribution in [2.45, 2.75) is 32.8 Å². The molecule has 0 fully saturated rings. The predicted octanol–water partition coefficient (Wildman–Crippen LogP) is 2.60. The Balaban J connectivity index is 1.97. The molecule has 0 saturated heterocycles. The molecule has 0 bridgehead atoms. The fourth-order valence-corrected chi connectivity index (χ4v) is 1.51. The molecule has 0 radical (unpaired) electrons. The van der Waals surface area contributed by atoms with Gasteiger partial charge in [-0.2, -0.15) is 10.2 Å². The third-order valence-electron chi connectivity index (χ3n) is 2.72. The molecule has 1 aromatic heterocycles. The number of nitrogens with zero attached hydrogens (tertiary/aromatic N) is 3. The van der Waals surface area contributed by atoms with Crippen molar-refractivity contribution in [1.82, 2.24) is 10.1 Å². The van der Waals surface area contributed by atoms with E-state index in [4.69, 9.17) is 14.5 Å². The zero-order valence-corrected chi connectivity index (χ0v) is 12.1. The molecule has 0 aliphatic rings. The van der Waals surface area contributed by atoms with Crippen LogP contribution >= 0.6 is 0 Å². The lowest BCUT2D eigenvalue weighted by Crippen LogP contribution is -2.13. The summed E-state index contributed by atoms with van der Waals surface area (Å²) in [6.07, 6.45) is 0. The van der Waals surface area contributed by atoms with Crippen molar-refractivity contribution in [3.8, 4) is 6.07 Å². The van der Waals surface area contributed by atoms with E-state index < -0.39 is 5.97 Å². The highest BCUT2D eigenvalue weighted by Gasteiger charge is 2.21. The van der Waals surface area contributed by atoms with Crippen molar-refractivity contribution in [3.63, 3.8) is 0 Å². The largest absolute Gasteiger partial charge is 0.452 e. The number of nitriles is 1. The summed E-state index contributed by atoms with van der Waals surface area (Å²) in [6.45, 7) is 5.81. The third kappa shape index (κ3) is 3.66. The summed E-state index contributed by atoms with van der Waals surface area (Å²) in [7, 11) is 0. The molecule has 2 rings (SSSR count). The maximum atomic E-state index is 11.8. The van der Waals surface area contributed by atoms with Crippen LogP contribution in [0.1, 0.15) is 48.4 Å². The van der Waals surface area contributed by atoms with Crippen molar-refractivity contribution in [1.29, 1.82) is 5.26 Å². The van der Waals surface area contributed by atoms with Gasteiger partial charge in [0.25, 0.3) is 5.89 Å². The lowest BCUT2D eigenvalue weighted by molar-refractivity contribution is 0.0430. The molecule has 0 amide bonds. The highest BCUT2D eigenvalue weighted by atomic mass is 16.6. The van der Waals surface area contributed by atoms with Gasteiger partial charge in [0.05, 0.1) is 17.2 Å². The van der Waals surface area contributed by atoms with Gasteiger partial charge in [-0.15, -0.1) is 0 Å². The average Bonchev–Trinajstić information content (AvgIpc) is 2.94. The second-order valence-electron chi connectivity index (χ2n) is 5.53. The molecular weight excluding hydrogens is 270 g/mol. The molecule has 6 nitrogen and oxygen atoms in total. The Morgan fingerprint density at radius 2 is 2.00 bits per heavy atom. The van der Waals surface area contributed by atoms with Gasteiger partial charge in [0.2, 0.25) is 0 Å². The van der Waals surface area contributed by atoms with Gasteiger partial charge in [-0.05, 0) is 24.3 Å². The van der Waals surface area contributed by atoms with E-state index in [9.17, 15) is 4.79 Å². The normalized spacial score (nSPS) is 11.0. The van der Waals surface area contributed by atoms with Crippen molar-refractivity contribution in [2.24, 2.45) is 0 Å². The van der Waals surface area contributed by atoms with Gasteiger partial charge in [0.15, 0.2) is 12.4 Å². The van der Waals surface area contributed by atoms with Gasteiger partial charge in [-0.25, -0.2) is 4.79 Å². The summed E-state index contributed by atoms with van der Waals surface area (Å²) >= 11 is 0. The monoisotopic (exact) mass is 285 g/mol. The molecule has 0 saturated carbocycles. The van der Waals surface area contributed by atoms with E-state index >= 15 is 0 Å². The van der Waals surface area contributed by atoms with Gasteiger partial charge in [0.1, 0.15) is 0 Å². The summed E-state index contributed by atoms with van der Waals surface area (Å²) in [5, 5.41) is 12.5. The Morgan fingerprint density at radius 3 is 2.52 bits per heavy atom. The average molecular weight is 285 g/mol. The highest BCUT2D eigenvalue weighted by Crippen LogP contribution is 2.18. The van der Waals surface area contributed by atoms with Gasteiger partial charge >= 0.3 is 5.97 Å². The third-order valence-corrected chi connectivity index (χ3v) is 2.72. The lowest BCUT2D eigenvalue weighted by atomic mass is 9.96. The van der Waals surface area contributed by atoms with Crippen LogP contribution in [0.15, 0.2) is 28.8 Å². The maximum Gasteiger partial charge on any atom is 0.338 e. The quantitative estimate of drug-likeness (QED) is 0.805. The fraction of sp³-hybridized carbons (Fsp3) is 0.333. The first-order chi connectivity index (χ1) is 9.90. The van der Waals surface area contributed by atoms with Crippen molar-refractivity contribution in [3.05, 3.63) is 47.1 Å². The summed E-state index contributed by atoms with van der Waals surface area (Å²) in [4.78, 5) is 16.0. The topological polar surface area (TPSA) is 89.0 Å². The molecular formula is C15H15N3O3. The van der Waals surface area contributed by atoms with Crippen LogP contribution in [0.3, 0.4) is 0 Å². The first-order valence-corrected chi connectivity index (χ1v) is 6.40. The van der Waals surface area contributed by atoms with Crippen LogP contribution in [0.4, 0.5) is 0 Å². The summed E-state index contributed by atoms with van der Waals surface area (Å²) in [5.74, 6) is 0.309. The first kappa shape index (κ1) is 14.7. The van der Waals surface area contributed by atoms with Gasteiger partial charge in [-0.1, -0.05) is 25.9 Å². The minimum Gasteiger partial charge on any atom is -0.452 e. The standard InChI is InChI=1S/C15H15N3O3/c1-15(2,3)14-17-12(21-18-14)9-20-13(19)11-6-4-10(8-16)5-7-11/h4-7H,9H2,1-3H3. The molecule has 6 heteroatoms. The molecule has 0 atom stereocenters. The number of esters is 1. The van der Waals surface area contributed by atoms with Crippen LogP contribution in [0, 0.1) is 11.3 Å². The number of benzene rings is 1. The van der Waals surface area contributed by atoms with Crippen LogP contribution in [-0.2, 0) is 16.8 Å². The Hall–Kier alpha value is -2.68. The zero-order chi connectivity index (χ0) is 15.5. The van der Waals surface area contributed by atoms with Crippen LogP contribution < -0.4 is 0 Å². The summed E-state index contributed by atoms with van der Waals surface area (Å²) in [6, 6.07) is 8.17. The second kappa shape index (κ2) is 5.75. The maximum absolute atomic E-state index is 11.8. The van der Waals surface area contributed by atoms with E-state index in [0.717, 1.165) is 0 Å². The molecule has 0 spiro atoms. The van der Waals surface area contributed by atoms with Gasteiger partial charge in [-0.3, -0.25) is 0 Å². The van der Waals surface area contributed by atoms with E-state index in [1.807, 2.05) is 26.8 Å². The Labute approximate surface area is 122 Å². The summed E-state index contributed by atoms with van der Waals surface area (Å²) in [5.41, 5.74) is 0.627. The molecule has 0 aliphatic carbocycles. The predicted molar refractivity (Wildman–Crippen MR) is 73.3 cm³/mol. The number of hydrogen-bond donors (Lipinski definition) is 0. The molecule has 108 valence electrons. The minimum absolute atomic E-state index is 0.0814. The molecule has 1 aromatic carbocycles. The fourth-order valence-electron chi connectivity index (χ4n) is 1.51. The van der Waals surface area contributed by atoms with Crippen LogP contribution in [-0.4, -0.2) is 16.1 Å². The van der Waals surface area contributed by atoms with Crippen molar-refractivity contribution in [2.75, 3.05) is 0 Å². The van der Waals surface area contributed by atoms with E-state index in [1.54, 1.807) is 12.1 Å². The molecule has 0 N–H and O–H groups in total. The van der Waals surface area contributed by atoms with Gasteiger partial charge < -0.3 is 9.26 Å². The number of carbonyl (C=O) groups is 1. The Morgan fingerprint density at radius 1 is 1.33 bits per heavy atom. The highest BCUT2D eigenvalue weighted by molar-refractivity contribution is 5.89. The van der Waals surface area contributed by atoms with Crippen LogP contribution in [0.2, 0.25) is 0 Å². The lowest BCUT2D eigenvalue weighted by Gasteiger charge is -2.10. The number of aromatic nitrogens is 2. The number of rotatable bonds is 3.